The molecule has 0 heterocycles. The zero-order chi connectivity index (χ0) is 13.8. The van der Waals surface area contributed by atoms with Gasteiger partial charge in [-0.25, -0.2) is 0 Å². The Morgan fingerprint density at radius 1 is 1.28 bits per heavy atom. The minimum Gasteiger partial charge on any atom is -0.355 e. The van der Waals surface area contributed by atoms with Crippen molar-refractivity contribution in [3.05, 3.63) is 0 Å². The first-order chi connectivity index (χ1) is 8.30. The van der Waals surface area contributed by atoms with Gasteiger partial charge in [0.1, 0.15) is 0 Å². The number of nitrogens with two attached hydrogens (primary N) is 1. The molecule has 0 unspecified atom stereocenters. The maximum atomic E-state index is 12.1. The summed E-state index contributed by atoms with van der Waals surface area (Å²) in [6.07, 6.45) is 5.04. The number of carbonyl (C=O) groups excluding carboxylic acids is 1. The third-order valence-corrected chi connectivity index (χ3v) is 3.84. The molecule has 0 saturated heterocycles. The van der Waals surface area contributed by atoms with Crippen molar-refractivity contribution in [1.82, 2.24) is 5.32 Å². The van der Waals surface area contributed by atoms with Gasteiger partial charge in [0.15, 0.2) is 0 Å². The van der Waals surface area contributed by atoms with E-state index in [1.807, 2.05) is 0 Å². The summed E-state index contributed by atoms with van der Waals surface area (Å²) in [5, 5.41) is 3.13. The first kappa shape index (κ1) is 15.5. The van der Waals surface area contributed by atoms with Crippen molar-refractivity contribution < 1.29 is 4.79 Å². The summed E-state index contributed by atoms with van der Waals surface area (Å²) in [5.74, 6) is 1.10. The van der Waals surface area contributed by atoms with Crippen LogP contribution in [0, 0.1) is 17.3 Å². The van der Waals surface area contributed by atoms with Crippen LogP contribution in [0.3, 0.4) is 0 Å². The molecule has 0 spiro atoms. The van der Waals surface area contributed by atoms with E-state index in [1.54, 1.807) is 0 Å². The van der Waals surface area contributed by atoms with Gasteiger partial charge >= 0.3 is 0 Å². The van der Waals surface area contributed by atoms with E-state index in [2.05, 4.69) is 33.0 Å². The average molecular weight is 254 g/mol. The van der Waals surface area contributed by atoms with E-state index in [0.717, 1.165) is 38.6 Å². The third kappa shape index (κ3) is 5.38. The zero-order valence-corrected chi connectivity index (χ0v) is 12.5. The van der Waals surface area contributed by atoms with Gasteiger partial charge in [0, 0.05) is 18.5 Å². The van der Waals surface area contributed by atoms with Crippen LogP contribution in [0.1, 0.15) is 59.8 Å². The molecule has 1 aliphatic rings. The third-order valence-electron chi connectivity index (χ3n) is 3.84. The molecule has 3 heteroatoms. The van der Waals surface area contributed by atoms with E-state index in [9.17, 15) is 4.79 Å². The zero-order valence-electron chi connectivity index (χ0n) is 12.5. The molecule has 0 aromatic rings. The van der Waals surface area contributed by atoms with E-state index in [0.29, 0.717) is 12.0 Å². The summed E-state index contributed by atoms with van der Waals surface area (Å²) in [4.78, 5) is 12.1. The lowest BCUT2D eigenvalue weighted by molar-refractivity contribution is -0.126. The van der Waals surface area contributed by atoms with Crippen LogP contribution in [0.4, 0.5) is 0 Å². The first-order valence-corrected chi connectivity index (χ1v) is 7.33. The summed E-state index contributed by atoms with van der Waals surface area (Å²) in [6.45, 7) is 9.69. The molecule has 0 aromatic carbocycles. The van der Waals surface area contributed by atoms with Crippen LogP contribution >= 0.6 is 0 Å². The number of rotatable bonds is 5. The van der Waals surface area contributed by atoms with Crippen molar-refractivity contribution in [2.24, 2.45) is 23.0 Å². The Labute approximate surface area is 112 Å². The van der Waals surface area contributed by atoms with Crippen LogP contribution < -0.4 is 11.1 Å². The molecule has 3 N–H and O–H groups in total. The summed E-state index contributed by atoms with van der Waals surface area (Å²) in [6, 6.07) is 0.312. The van der Waals surface area contributed by atoms with Gasteiger partial charge in [-0.15, -0.1) is 0 Å². The second-order valence-electron chi connectivity index (χ2n) is 7.09. The van der Waals surface area contributed by atoms with Crippen molar-refractivity contribution in [3.63, 3.8) is 0 Å². The number of hydrogen-bond donors (Lipinski definition) is 2. The molecule has 0 aromatic heterocycles. The largest absolute Gasteiger partial charge is 0.355 e. The van der Waals surface area contributed by atoms with Gasteiger partial charge in [-0.1, -0.05) is 27.7 Å². The predicted octanol–water partition coefficient (Wildman–Crippen LogP) is 2.69. The molecule has 1 aliphatic carbocycles. The normalized spacial score (nSPS) is 25.2. The Morgan fingerprint density at radius 2 is 1.83 bits per heavy atom. The fraction of sp³-hybridized carbons (Fsp3) is 0.933. The van der Waals surface area contributed by atoms with Crippen molar-refractivity contribution in [2.45, 2.75) is 65.8 Å². The highest BCUT2D eigenvalue weighted by molar-refractivity contribution is 5.78. The molecule has 1 saturated carbocycles. The highest BCUT2D eigenvalue weighted by Gasteiger charge is 2.26. The van der Waals surface area contributed by atoms with Gasteiger partial charge in [0.2, 0.25) is 5.91 Å². The summed E-state index contributed by atoms with van der Waals surface area (Å²) < 4.78 is 0. The average Bonchev–Trinajstić information content (AvgIpc) is 2.25. The highest BCUT2D eigenvalue weighted by Crippen LogP contribution is 2.26. The topological polar surface area (TPSA) is 55.1 Å². The molecule has 18 heavy (non-hydrogen) atoms. The van der Waals surface area contributed by atoms with E-state index >= 15 is 0 Å². The standard InChI is InChI=1S/C15H30N2O/c1-11(2)9-15(3,4)10-17-14(18)12-5-7-13(16)8-6-12/h11-13H,5-10,16H2,1-4H3,(H,17,18). The lowest BCUT2D eigenvalue weighted by atomic mass is 9.83. The molecule has 1 rings (SSSR count). The van der Waals surface area contributed by atoms with Gasteiger partial charge in [-0.3, -0.25) is 4.79 Å². The molecule has 0 bridgehead atoms. The summed E-state index contributed by atoms with van der Waals surface area (Å²) >= 11 is 0. The van der Waals surface area contributed by atoms with Gasteiger partial charge in [-0.05, 0) is 43.4 Å². The van der Waals surface area contributed by atoms with Gasteiger partial charge in [0.05, 0.1) is 0 Å². The Kier molecular flexibility index (Phi) is 5.64. The van der Waals surface area contributed by atoms with Crippen molar-refractivity contribution in [1.29, 1.82) is 0 Å². The van der Waals surface area contributed by atoms with Crippen LogP contribution in [0.25, 0.3) is 0 Å². The predicted molar refractivity (Wildman–Crippen MR) is 76.2 cm³/mol. The fourth-order valence-electron chi connectivity index (χ4n) is 3.03. The molecule has 1 amide bonds. The maximum absolute atomic E-state index is 12.1. The molecule has 106 valence electrons. The lowest BCUT2D eigenvalue weighted by Crippen LogP contribution is -2.40. The van der Waals surface area contributed by atoms with Crippen molar-refractivity contribution in [3.8, 4) is 0 Å². The SMILES string of the molecule is CC(C)CC(C)(C)CNC(=O)C1CCC(N)CC1. The van der Waals surface area contributed by atoms with Gasteiger partial charge in [-0.2, -0.15) is 0 Å². The molecular weight excluding hydrogens is 224 g/mol. The van der Waals surface area contributed by atoms with Crippen molar-refractivity contribution in [2.75, 3.05) is 6.54 Å². The van der Waals surface area contributed by atoms with Crippen LogP contribution in [-0.4, -0.2) is 18.5 Å². The molecule has 0 atom stereocenters. The van der Waals surface area contributed by atoms with Crippen molar-refractivity contribution >= 4 is 5.91 Å². The maximum Gasteiger partial charge on any atom is 0.223 e. The number of carbonyl (C=O) groups is 1. The molecular formula is C15H30N2O. The Balaban J connectivity index is 2.32. The fourth-order valence-corrected chi connectivity index (χ4v) is 3.03. The molecule has 3 nitrogen and oxygen atoms in total. The van der Waals surface area contributed by atoms with Crippen LogP contribution in [0.15, 0.2) is 0 Å². The van der Waals surface area contributed by atoms with Gasteiger partial charge in [0.25, 0.3) is 0 Å². The summed E-state index contributed by atoms with van der Waals surface area (Å²) in [7, 11) is 0. The van der Waals surface area contributed by atoms with Crippen LogP contribution in [0.5, 0.6) is 0 Å². The number of hydrogen-bond acceptors (Lipinski definition) is 2. The minimum atomic E-state index is 0.189. The second-order valence-corrected chi connectivity index (χ2v) is 7.09. The quantitative estimate of drug-likeness (QED) is 0.792. The van der Waals surface area contributed by atoms with Crippen LogP contribution in [-0.2, 0) is 4.79 Å². The first-order valence-electron chi connectivity index (χ1n) is 7.33. The van der Waals surface area contributed by atoms with Gasteiger partial charge < -0.3 is 11.1 Å². The second kappa shape index (κ2) is 6.55. The summed E-state index contributed by atoms with van der Waals surface area (Å²) in [5.41, 5.74) is 6.05. The molecule has 0 radical (unpaired) electrons. The Morgan fingerprint density at radius 3 is 2.33 bits per heavy atom. The van der Waals surface area contributed by atoms with E-state index < -0.39 is 0 Å². The Hall–Kier alpha value is -0.570. The Bertz CT molecular complexity index is 266. The van der Waals surface area contributed by atoms with E-state index in [4.69, 9.17) is 5.73 Å². The minimum absolute atomic E-state index is 0.189. The number of amides is 1. The highest BCUT2D eigenvalue weighted by atomic mass is 16.1. The lowest BCUT2D eigenvalue weighted by Gasteiger charge is -2.29. The molecule has 0 aliphatic heterocycles. The monoisotopic (exact) mass is 254 g/mol. The van der Waals surface area contributed by atoms with Crippen LogP contribution in [0.2, 0.25) is 0 Å². The van der Waals surface area contributed by atoms with E-state index in [-0.39, 0.29) is 17.2 Å². The molecule has 1 fully saturated rings. The number of nitrogens with one attached hydrogen (secondary N) is 1. The smallest absolute Gasteiger partial charge is 0.223 e. The van der Waals surface area contributed by atoms with E-state index in [1.165, 1.54) is 0 Å².